The van der Waals surface area contributed by atoms with Crippen LogP contribution in [0.25, 0.3) is 0 Å². The van der Waals surface area contributed by atoms with Gasteiger partial charge in [-0.3, -0.25) is 0 Å². The van der Waals surface area contributed by atoms with Crippen LogP contribution in [0.1, 0.15) is 27.7 Å². The minimum absolute atomic E-state index is 0.585. The number of aliphatic hydroxyl groups is 1. The highest BCUT2D eigenvalue weighted by atomic mass is 16.3. The highest BCUT2D eigenvalue weighted by molar-refractivity contribution is 4.70. The van der Waals surface area contributed by atoms with Crippen LogP contribution < -0.4 is 0 Å². The van der Waals surface area contributed by atoms with Crippen molar-refractivity contribution in [3.05, 3.63) is 0 Å². The molecule has 3 nitrogen and oxygen atoms in total. The molecular formula is C11H26N2O. The molecule has 86 valence electrons. The quantitative estimate of drug-likeness (QED) is 0.668. The van der Waals surface area contributed by atoms with E-state index in [4.69, 9.17) is 0 Å². The largest absolute Gasteiger partial charge is 0.389 e. The molecule has 3 heteroatoms. The molecular weight excluding hydrogens is 176 g/mol. The molecule has 0 unspecified atom stereocenters. The number of hydrogen-bond donors (Lipinski definition) is 1. The van der Waals surface area contributed by atoms with Crippen LogP contribution in [0.2, 0.25) is 0 Å². The third-order valence-electron chi connectivity index (χ3n) is 2.35. The van der Waals surface area contributed by atoms with E-state index in [9.17, 15) is 5.11 Å². The Hall–Kier alpha value is -0.120. The zero-order chi connectivity index (χ0) is 11.2. The van der Waals surface area contributed by atoms with Gasteiger partial charge in [-0.05, 0) is 34.0 Å². The summed E-state index contributed by atoms with van der Waals surface area (Å²) in [6, 6.07) is 0. The maximum Gasteiger partial charge on any atom is 0.0718 e. The lowest BCUT2D eigenvalue weighted by molar-refractivity contribution is 0.0421. The minimum Gasteiger partial charge on any atom is -0.389 e. The molecule has 0 spiro atoms. The summed E-state index contributed by atoms with van der Waals surface area (Å²) in [6.07, 6.45) is 0. The monoisotopic (exact) mass is 202 g/mol. The number of hydrogen-bond acceptors (Lipinski definition) is 3. The first-order chi connectivity index (χ1) is 6.39. The predicted octanol–water partition coefficient (Wildman–Crippen LogP) is 1.03. The van der Waals surface area contributed by atoms with Gasteiger partial charge in [-0.1, -0.05) is 13.8 Å². The van der Waals surface area contributed by atoms with E-state index in [0.29, 0.717) is 0 Å². The van der Waals surface area contributed by atoms with Crippen LogP contribution in [0.5, 0.6) is 0 Å². The molecule has 0 aliphatic heterocycles. The lowest BCUT2D eigenvalue weighted by atomic mass is 10.1. The van der Waals surface area contributed by atoms with Gasteiger partial charge < -0.3 is 14.9 Å². The molecule has 0 saturated heterocycles. The van der Waals surface area contributed by atoms with E-state index in [1.165, 1.54) is 0 Å². The summed E-state index contributed by atoms with van der Waals surface area (Å²) in [5.74, 6) is 0. The minimum atomic E-state index is -0.585. The van der Waals surface area contributed by atoms with Crippen LogP contribution in [0.15, 0.2) is 0 Å². The smallest absolute Gasteiger partial charge is 0.0718 e. The molecule has 0 fully saturated rings. The van der Waals surface area contributed by atoms with Crippen molar-refractivity contribution in [3.63, 3.8) is 0 Å². The SMILES string of the molecule is CCN(CC)CCN(C)CC(C)(C)O. The van der Waals surface area contributed by atoms with Crippen molar-refractivity contribution in [2.75, 3.05) is 39.8 Å². The summed E-state index contributed by atoms with van der Waals surface area (Å²) in [5.41, 5.74) is -0.585. The van der Waals surface area contributed by atoms with Gasteiger partial charge in [0.25, 0.3) is 0 Å². The molecule has 0 saturated carbocycles. The number of likely N-dealkylation sites (N-methyl/N-ethyl adjacent to an activating group) is 2. The van der Waals surface area contributed by atoms with Crippen molar-refractivity contribution in [1.29, 1.82) is 0 Å². The van der Waals surface area contributed by atoms with E-state index < -0.39 is 5.60 Å². The highest BCUT2D eigenvalue weighted by Crippen LogP contribution is 2.02. The van der Waals surface area contributed by atoms with E-state index in [-0.39, 0.29) is 0 Å². The van der Waals surface area contributed by atoms with E-state index in [0.717, 1.165) is 32.7 Å². The fourth-order valence-electron chi connectivity index (χ4n) is 1.59. The first-order valence-corrected chi connectivity index (χ1v) is 5.52. The Labute approximate surface area is 88.7 Å². The van der Waals surface area contributed by atoms with Gasteiger partial charge in [-0.15, -0.1) is 0 Å². The third kappa shape index (κ3) is 7.30. The van der Waals surface area contributed by atoms with Gasteiger partial charge in [0.15, 0.2) is 0 Å². The Morgan fingerprint density at radius 2 is 1.57 bits per heavy atom. The van der Waals surface area contributed by atoms with Crippen molar-refractivity contribution in [3.8, 4) is 0 Å². The van der Waals surface area contributed by atoms with Crippen molar-refractivity contribution in [1.82, 2.24) is 9.80 Å². The molecule has 1 N–H and O–H groups in total. The first kappa shape index (κ1) is 13.9. The van der Waals surface area contributed by atoms with E-state index in [1.54, 1.807) is 0 Å². The third-order valence-corrected chi connectivity index (χ3v) is 2.35. The molecule has 0 radical (unpaired) electrons. The fourth-order valence-corrected chi connectivity index (χ4v) is 1.59. The topological polar surface area (TPSA) is 26.7 Å². The van der Waals surface area contributed by atoms with Crippen molar-refractivity contribution >= 4 is 0 Å². The van der Waals surface area contributed by atoms with Crippen LogP contribution in [-0.4, -0.2) is 60.3 Å². The maximum absolute atomic E-state index is 9.61. The number of nitrogens with zero attached hydrogens (tertiary/aromatic N) is 2. The van der Waals surface area contributed by atoms with Gasteiger partial charge in [0.1, 0.15) is 0 Å². The second kappa shape index (κ2) is 6.38. The predicted molar refractivity (Wildman–Crippen MR) is 61.6 cm³/mol. The van der Waals surface area contributed by atoms with Crippen molar-refractivity contribution in [2.45, 2.75) is 33.3 Å². The lowest BCUT2D eigenvalue weighted by Crippen LogP contribution is -2.40. The van der Waals surface area contributed by atoms with Crippen LogP contribution in [0, 0.1) is 0 Å². The summed E-state index contributed by atoms with van der Waals surface area (Å²) in [5, 5.41) is 9.61. The van der Waals surface area contributed by atoms with Crippen LogP contribution >= 0.6 is 0 Å². The molecule has 0 aromatic heterocycles. The van der Waals surface area contributed by atoms with Crippen LogP contribution in [-0.2, 0) is 0 Å². The molecule has 0 aromatic rings. The molecule has 14 heavy (non-hydrogen) atoms. The van der Waals surface area contributed by atoms with Gasteiger partial charge in [0, 0.05) is 19.6 Å². The summed E-state index contributed by atoms with van der Waals surface area (Å²) in [4.78, 5) is 4.57. The average Bonchev–Trinajstić information content (AvgIpc) is 2.03. The molecule has 0 bridgehead atoms. The highest BCUT2D eigenvalue weighted by Gasteiger charge is 2.15. The van der Waals surface area contributed by atoms with Crippen LogP contribution in [0.3, 0.4) is 0 Å². The zero-order valence-electron chi connectivity index (χ0n) is 10.4. The Bertz CT molecular complexity index is 139. The molecule has 0 amide bonds. The summed E-state index contributed by atoms with van der Waals surface area (Å²) in [6.45, 7) is 13.1. The van der Waals surface area contributed by atoms with Gasteiger partial charge in [-0.25, -0.2) is 0 Å². The Kier molecular flexibility index (Phi) is 6.33. The average molecular weight is 202 g/mol. The molecule has 0 aromatic carbocycles. The van der Waals surface area contributed by atoms with Crippen molar-refractivity contribution < 1.29 is 5.11 Å². The van der Waals surface area contributed by atoms with Crippen molar-refractivity contribution in [2.24, 2.45) is 0 Å². The molecule has 0 rings (SSSR count). The fraction of sp³-hybridized carbons (Fsp3) is 1.00. The van der Waals surface area contributed by atoms with Gasteiger partial charge in [0.2, 0.25) is 0 Å². The molecule has 0 aliphatic carbocycles. The normalized spacial score (nSPS) is 12.9. The lowest BCUT2D eigenvalue weighted by Gasteiger charge is -2.27. The molecule has 0 heterocycles. The second-order valence-electron chi connectivity index (χ2n) is 4.58. The van der Waals surface area contributed by atoms with Gasteiger partial charge >= 0.3 is 0 Å². The summed E-state index contributed by atoms with van der Waals surface area (Å²) < 4.78 is 0. The van der Waals surface area contributed by atoms with E-state index >= 15 is 0 Å². The van der Waals surface area contributed by atoms with Gasteiger partial charge in [0.05, 0.1) is 5.60 Å². The Morgan fingerprint density at radius 1 is 1.07 bits per heavy atom. The van der Waals surface area contributed by atoms with Crippen LogP contribution in [0.4, 0.5) is 0 Å². The Balaban J connectivity index is 3.67. The Morgan fingerprint density at radius 3 is 1.93 bits per heavy atom. The zero-order valence-corrected chi connectivity index (χ0v) is 10.4. The van der Waals surface area contributed by atoms with Gasteiger partial charge in [-0.2, -0.15) is 0 Å². The van der Waals surface area contributed by atoms with E-state index in [1.807, 2.05) is 13.8 Å². The standard InChI is InChI=1S/C11H26N2O/c1-6-13(7-2)9-8-12(5)10-11(3,4)14/h14H,6-10H2,1-5H3. The number of rotatable bonds is 7. The second-order valence-corrected chi connectivity index (χ2v) is 4.58. The first-order valence-electron chi connectivity index (χ1n) is 5.52. The molecule has 0 atom stereocenters. The summed E-state index contributed by atoms with van der Waals surface area (Å²) in [7, 11) is 2.06. The molecule has 0 aliphatic rings. The maximum atomic E-state index is 9.61. The van der Waals surface area contributed by atoms with E-state index in [2.05, 4.69) is 30.7 Å². The summed E-state index contributed by atoms with van der Waals surface area (Å²) >= 11 is 0.